The molecule has 254 valence electrons. The quantitative estimate of drug-likeness (QED) is 0.116. The Morgan fingerprint density at radius 1 is 0.340 bits per heavy atom. The van der Waals surface area contributed by atoms with Crippen molar-refractivity contribution < 1.29 is 8.42 Å². The van der Waals surface area contributed by atoms with Crippen LogP contribution < -0.4 is 25.6 Å². The third kappa shape index (κ3) is 5.53. The molecule has 8 aromatic carbocycles. The molecule has 0 N–H and O–H groups in total. The molecule has 1 aliphatic rings. The molecule has 0 atom stereocenters. The first-order valence-corrected chi connectivity index (χ1v) is 21.2. The summed E-state index contributed by atoms with van der Waals surface area (Å²) in [6.07, 6.45) is 0. The summed E-state index contributed by atoms with van der Waals surface area (Å²) in [4.78, 5) is 2.93. The highest BCUT2D eigenvalue weighted by Gasteiger charge is 2.41. The third-order valence-electron chi connectivity index (χ3n) is 10.4. The molecular weight excluding hydrogens is 683 g/mol. The van der Waals surface area contributed by atoms with Crippen LogP contribution in [0.3, 0.4) is 0 Å². The molecule has 0 fully saturated rings. The van der Waals surface area contributed by atoms with Crippen LogP contribution in [-0.2, 0) is 9.84 Å². The first-order chi connectivity index (χ1) is 26.0. The standard InChI is InChI=1S/C48H35NO2SSi/c50-52(51)47-24-14-13-23-45(47)46-35-40(31-34-48(46)52)49(38-27-25-37(26-28-38)36-15-5-1-6-16-36)39-29-32-44(33-30-39)53(41-17-7-2-8-18-41,42-19-9-3-10-20-42)43-21-11-4-12-22-43/h1-35H. The summed E-state index contributed by atoms with van der Waals surface area (Å²) in [5.41, 5.74) is 6.58. The first kappa shape index (κ1) is 32.6. The van der Waals surface area contributed by atoms with E-state index in [2.05, 4.69) is 169 Å². The minimum atomic E-state index is -3.59. The molecule has 8 aromatic rings. The first-order valence-electron chi connectivity index (χ1n) is 17.8. The second-order valence-electron chi connectivity index (χ2n) is 13.3. The van der Waals surface area contributed by atoms with Crippen LogP contribution in [0.15, 0.2) is 222 Å². The predicted molar refractivity (Wildman–Crippen MR) is 221 cm³/mol. The Kier molecular flexibility index (Phi) is 8.23. The largest absolute Gasteiger partial charge is 0.310 e. The van der Waals surface area contributed by atoms with Gasteiger partial charge < -0.3 is 4.90 Å². The number of nitrogens with zero attached hydrogens (tertiary/aromatic N) is 1. The fraction of sp³-hybridized carbons (Fsp3) is 0. The molecule has 0 aliphatic carbocycles. The van der Waals surface area contributed by atoms with E-state index >= 15 is 0 Å². The average Bonchev–Trinajstić information content (AvgIpc) is 3.46. The molecule has 0 saturated carbocycles. The van der Waals surface area contributed by atoms with Crippen molar-refractivity contribution in [3.8, 4) is 22.3 Å². The van der Waals surface area contributed by atoms with E-state index in [4.69, 9.17) is 0 Å². The van der Waals surface area contributed by atoms with E-state index in [1.807, 2.05) is 30.3 Å². The van der Waals surface area contributed by atoms with E-state index in [0.29, 0.717) is 9.79 Å². The Morgan fingerprint density at radius 3 is 1.28 bits per heavy atom. The van der Waals surface area contributed by atoms with Crippen molar-refractivity contribution in [2.45, 2.75) is 9.79 Å². The molecule has 1 heterocycles. The van der Waals surface area contributed by atoms with Crippen LogP contribution in [0, 0.1) is 0 Å². The topological polar surface area (TPSA) is 37.4 Å². The van der Waals surface area contributed by atoms with Gasteiger partial charge in [0.1, 0.15) is 0 Å². The monoisotopic (exact) mass is 717 g/mol. The summed E-state index contributed by atoms with van der Waals surface area (Å²) < 4.78 is 27.1. The van der Waals surface area contributed by atoms with Crippen molar-refractivity contribution in [3.63, 3.8) is 0 Å². The molecule has 5 heteroatoms. The van der Waals surface area contributed by atoms with Gasteiger partial charge in [-0.15, -0.1) is 0 Å². The molecule has 0 unspecified atom stereocenters. The number of fused-ring (bicyclic) bond motifs is 3. The van der Waals surface area contributed by atoms with Crippen LogP contribution in [0.25, 0.3) is 22.3 Å². The van der Waals surface area contributed by atoms with Gasteiger partial charge >= 0.3 is 0 Å². The third-order valence-corrected chi connectivity index (χ3v) is 17.1. The van der Waals surface area contributed by atoms with Crippen molar-refractivity contribution in [1.82, 2.24) is 0 Å². The lowest BCUT2D eigenvalue weighted by atomic mass is 10.0. The molecule has 0 bridgehead atoms. The lowest BCUT2D eigenvalue weighted by Crippen LogP contribution is -2.74. The Bertz CT molecular complexity index is 2550. The van der Waals surface area contributed by atoms with E-state index < -0.39 is 17.9 Å². The maximum absolute atomic E-state index is 13.5. The lowest BCUT2D eigenvalue weighted by Gasteiger charge is -2.35. The molecule has 0 saturated heterocycles. The molecule has 0 spiro atoms. The molecule has 53 heavy (non-hydrogen) atoms. The van der Waals surface area contributed by atoms with Crippen molar-refractivity contribution in [2.75, 3.05) is 4.90 Å². The highest BCUT2D eigenvalue weighted by Crippen LogP contribution is 2.46. The number of rotatable bonds is 8. The smallest absolute Gasteiger partial charge is 0.207 e. The maximum atomic E-state index is 13.5. The van der Waals surface area contributed by atoms with E-state index in [-0.39, 0.29) is 0 Å². The second kappa shape index (κ2) is 13.4. The van der Waals surface area contributed by atoms with E-state index in [0.717, 1.165) is 39.3 Å². The highest BCUT2D eigenvalue weighted by atomic mass is 32.2. The van der Waals surface area contributed by atoms with Crippen molar-refractivity contribution in [2.24, 2.45) is 0 Å². The number of sulfone groups is 1. The Hall–Kier alpha value is -6.27. The van der Waals surface area contributed by atoms with Gasteiger partial charge in [-0.05, 0) is 80.4 Å². The molecular formula is C48H35NO2SSi. The summed E-state index contributed by atoms with van der Waals surface area (Å²) in [6, 6.07) is 73.8. The zero-order valence-electron chi connectivity index (χ0n) is 28.9. The predicted octanol–water partition coefficient (Wildman–Crippen LogP) is 9.01. The van der Waals surface area contributed by atoms with Crippen molar-refractivity contribution in [3.05, 3.63) is 212 Å². The normalized spacial score (nSPS) is 12.8. The van der Waals surface area contributed by atoms with E-state index in [9.17, 15) is 8.42 Å². The number of anilines is 3. The molecule has 9 rings (SSSR count). The summed E-state index contributed by atoms with van der Waals surface area (Å²) in [5, 5.41) is 5.23. The van der Waals surface area contributed by atoms with E-state index in [1.54, 1.807) is 18.2 Å². The molecule has 1 aliphatic heterocycles. The Morgan fingerprint density at radius 2 is 0.736 bits per heavy atom. The number of hydrogen-bond donors (Lipinski definition) is 0. The lowest BCUT2D eigenvalue weighted by molar-refractivity contribution is 0.598. The maximum Gasteiger partial charge on any atom is 0.207 e. The van der Waals surface area contributed by atoms with Crippen LogP contribution >= 0.6 is 0 Å². The van der Waals surface area contributed by atoms with Gasteiger partial charge in [-0.1, -0.05) is 164 Å². The zero-order chi connectivity index (χ0) is 35.8. The van der Waals surface area contributed by atoms with Crippen molar-refractivity contribution >= 4 is 55.7 Å². The fourth-order valence-corrected chi connectivity index (χ4v) is 14.4. The second-order valence-corrected chi connectivity index (χ2v) is 19.0. The SMILES string of the molecule is O=S1(=O)c2ccccc2-c2cc(N(c3ccc(-c4ccccc4)cc3)c3ccc([Si](c4ccccc4)(c4ccccc4)c4ccccc4)cc3)ccc21. The van der Waals surface area contributed by atoms with Gasteiger partial charge in [0, 0.05) is 28.2 Å². The van der Waals surface area contributed by atoms with Gasteiger partial charge in [0.25, 0.3) is 0 Å². The van der Waals surface area contributed by atoms with Gasteiger partial charge in [0.2, 0.25) is 9.84 Å². The minimum absolute atomic E-state index is 0.349. The summed E-state index contributed by atoms with van der Waals surface area (Å²) in [7, 11) is -6.30. The van der Waals surface area contributed by atoms with Crippen LogP contribution in [0.5, 0.6) is 0 Å². The van der Waals surface area contributed by atoms with Crippen molar-refractivity contribution in [1.29, 1.82) is 0 Å². The van der Waals surface area contributed by atoms with Crippen LogP contribution in [0.4, 0.5) is 17.1 Å². The van der Waals surface area contributed by atoms with Crippen LogP contribution in [0.1, 0.15) is 0 Å². The van der Waals surface area contributed by atoms with Gasteiger partial charge in [-0.2, -0.15) is 0 Å². The molecule has 3 nitrogen and oxygen atoms in total. The molecule has 0 amide bonds. The van der Waals surface area contributed by atoms with Gasteiger partial charge in [-0.3, -0.25) is 0 Å². The molecule has 0 radical (unpaired) electrons. The molecule has 0 aromatic heterocycles. The van der Waals surface area contributed by atoms with Gasteiger partial charge in [-0.25, -0.2) is 8.42 Å². The van der Waals surface area contributed by atoms with Gasteiger partial charge in [0.05, 0.1) is 9.79 Å². The van der Waals surface area contributed by atoms with Gasteiger partial charge in [0.15, 0.2) is 8.07 Å². The minimum Gasteiger partial charge on any atom is -0.310 e. The van der Waals surface area contributed by atoms with Crippen LogP contribution in [0.2, 0.25) is 0 Å². The summed E-state index contributed by atoms with van der Waals surface area (Å²) >= 11 is 0. The Balaban J connectivity index is 1.23. The Labute approximate surface area is 312 Å². The number of hydrogen-bond acceptors (Lipinski definition) is 3. The number of benzene rings is 8. The highest BCUT2D eigenvalue weighted by molar-refractivity contribution is 7.92. The fourth-order valence-electron chi connectivity index (χ4n) is 7.95. The zero-order valence-corrected chi connectivity index (χ0v) is 30.7. The van der Waals surface area contributed by atoms with Crippen LogP contribution in [-0.4, -0.2) is 16.5 Å². The van der Waals surface area contributed by atoms with E-state index in [1.165, 1.54) is 20.7 Å². The summed E-state index contributed by atoms with van der Waals surface area (Å²) in [6.45, 7) is 0. The average molecular weight is 718 g/mol. The summed E-state index contributed by atoms with van der Waals surface area (Å²) in [5.74, 6) is 0.